The Morgan fingerprint density at radius 1 is 1.00 bits per heavy atom. The van der Waals surface area contributed by atoms with Crippen LogP contribution in [0.4, 0.5) is 0 Å². The van der Waals surface area contributed by atoms with E-state index in [1.165, 1.54) is 38.5 Å². The Balaban J connectivity index is 1.63. The number of rotatable bonds is 6. The lowest BCUT2D eigenvalue weighted by molar-refractivity contribution is -0.136. The van der Waals surface area contributed by atoms with Crippen LogP contribution in [0.1, 0.15) is 51.4 Å². The molecule has 0 saturated heterocycles. The Kier molecular flexibility index (Phi) is 5.40. The fourth-order valence-corrected chi connectivity index (χ4v) is 3.03. The van der Waals surface area contributed by atoms with Gasteiger partial charge in [0.1, 0.15) is 5.41 Å². The van der Waals surface area contributed by atoms with Crippen molar-refractivity contribution in [1.82, 2.24) is 16.0 Å². The molecule has 0 unspecified atom stereocenters. The third-order valence-electron chi connectivity index (χ3n) is 4.55. The lowest BCUT2D eigenvalue weighted by atomic mass is 10.1. The van der Waals surface area contributed by atoms with Crippen LogP contribution in [0.25, 0.3) is 0 Å². The van der Waals surface area contributed by atoms with Crippen LogP contribution in [0.15, 0.2) is 0 Å². The molecule has 2 aliphatic carbocycles. The molecule has 0 atom stereocenters. The van der Waals surface area contributed by atoms with Gasteiger partial charge in [-0.05, 0) is 25.7 Å². The highest BCUT2D eigenvalue weighted by Gasteiger charge is 2.55. The van der Waals surface area contributed by atoms with Gasteiger partial charge in [-0.1, -0.05) is 25.7 Å². The zero-order valence-corrected chi connectivity index (χ0v) is 12.5. The van der Waals surface area contributed by atoms with Crippen LogP contribution >= 0.6 is 0 Å². The Morgan fingerprint density at radius 2 is 1.65 bits per heavy atom. The van der Waals surface area contributed by atoms with E-state index in [0.717, 1.165) is 6.54 Å². The summed E-state index contributed by atoms with van der Waals surface area (Å²) in [4.78, 5) is 23.7. The van der Waals surface area contributed by atoms with Crippen molar-refractivity contribution in [3.8, 4) is 0 Å². The first kappa shape index (κ1) is 15.3. The molecule has 0 bridgehead atoms. The van der Waals surface area contributed by atoms with E-state index in [1.54, 1.807) is 7.05 Å². The molecule has 20 heavy (non-hydrogen) atoms. The summed E-state index contributed by atoms with van der Waals surface area (Å²) >= 11 is 0. The fourth-order valence-electron chi connectivity index (χ4n) is 3.03. The topological polar surface area (TPSA) is 70.2 Å². The smallest absolute Gasteiger partial charge is 0.235 e. The molecule has 2 saturated carbocycles. The first-order valence-electron chi connectivity index (χ1n) is 7.93. The van der Waals surface area contributed by atoms with Crippen LogP contribution in [-0.4, -0.2) is 38.0 Å². The molecule has 5 heteroatoms. The van der Waals surface area contributed by atoms with Crippen LogP contribution in [0.5, 0.6) is 0 Å². The van der Waals surface area contributed by atoms with Crippen LogP contribution in [0.3, 0.4) is 0 Å². The van der Waals surface area contributed by atoms with E-state index in [0.29, 0.717) is 25.4 Å². The van der Waals surface area contributed by atoms with Gasteiger partial charge in [-0.15, -0.1) is 0 Å². The molecular formula is C15H27N3O2. The molecule has 2 fully saturated rings. The van der Waals surface area contributed by atoms with Gasteiger partial charge in [0, 0.05) is 26.2 Å². The van der Waals surface area contributed by atoms with Gasteiger partial charge < -0.3 is 16.0 Å². The van der Waals surface area contributed by atoms with Crippen molar-refractivity contribution in [2.45, 2.75) is 57.4 Å². The second-order valence-electron chi connectivity index (χ2n) is 6.06. The largest absolute Gasteiger partial charge is 0.358 e. The van der Waals surface area contributed by atoms with Gasteiger partial charge in [-0.2, -0.15) is 0 Å². The molecule has 0 aliphatic heterocycles. The fraction of sp³-hybridized carbons (Fsp3) is 0.867. The van der Waals surface area contributed by atoms with Crippen molar-refractivity contribution in [2.24, 2.45) is 5.41 Å². The summed E-state index contributed by atoms with van der Waals surface area (Å²) in [7, 11) is 1.59. The molecule has 5 nitrogen and oxygen atoms in total. The summed E-state index contributed by atoms with van der Waals surface area (Å²) in [6, 6.07) is 0.600. The number of hydrogen-bond acceptors (Lipinski definition) is 3. The maximum atomic E-state index is 12.0. The van der Waals surface area contributed by atoms with Gasteiger partial charge in [0.15, 0.2) is 0 Å². The molecule has 3 N–H and O–H groups in total. The Hall–Kier alpha value is -1.10. The minimum absolute atomic E-state index is 0.112. The third kappa shape index (κ3) is 3.72. The van der Waals surface area contributed by atoms with E-state index in [2.05, 4.69) is 16.0 Å². The lowest BCUT2D eigenvalue weighted by Crippen LogP contribution is -2.44. The SMILES string of the molecule is CNC(=O)C1(C(=O)NCCNC2CCCCCC2)CC1. The van der Waals surface area contributed by atoms with Crippen molar-refractivity contribution in [1.29, 1.82) is 0 Å². The predicted molar refractivity (Wildman–Crippen MR) is 78.2 cm³/mol. The van der Waals surface area contributed by atoms with E-state index >= 15 is 0 Å². The molecule has 114 valence electrons. The molecular weight excluding hydrogens is 254 g/mol. The minimum atomic E-state index is -0.767. The standard InChI is InChI=1S/C15H27N3O2/c1-16-13(19)15(8-9-15)14(20)18-11-10-17-12-6-4-2-3-5-7-12/h12,17H,2-11H2,1H3,(H,16,19)(H,18,20). The second-order valence-corrected chi connectivity index (χ2v) is 6.06. The molecule has 2 rings (SSSR count). The van der Waals surface area contributed by atoms with E-state index < -0.39 is 5.41 Å². The predicted octanol–water partition coefficient (Wildman–Crippen LogP) is 0.941. The van der Waals surface area contributed by atoms with Gasteiger partial charge in [-0.25, -0.2) is 0 Å². The van der Waals surface area contributed by atoms with Crippen LogP contribution in [-0.2, 0) is 9.59 Å². The second kappa shape index (κ2) is 7.07. The van der Waals surface area contributed by atoms with Gasteiger partial charge in [0.25, 0.3) is 0 Å². The van der Waals surface area contributed by atoms with Crippen molar-refractivity contribution in [3.63, 3.8) is 0 Å². The number of nitrogens with one attached hydrogen (secondary N) is 3. The normalized spacial score (nSPS) is 21.9. The number of amides is 2. The highest BCUT2D eigenvalue weighted by atomic mass is 16.2. The van der Waals surface area contributed by atoms with E-state index in [1.807, 2.05) is 0 Å². The highest BCUT2D eigenvalue weighted by Crippen LogP contribution is 2.45. The zero-order valence-electron chi connectivity index (χ0n) is 12.5. The molecule has 0 aromatic rings. The minimum Gasteiger partial charge on any atom is -0.358 e. The molecule has 2 amide bonds. The molecule has 2 aliphatic rings. The van der Waals surface area contributed by atoms with Gasteiger partial charge in [0.05, 0.1) is 0 Å². The monoisotopic (exact) mass is 281 g/mol. The number of carbonyl (C=O) groups is 2. The van der Waals surface area contributed by atoms with Crippen molar-refractivity contribution in [3.05, 3.63) is 0 Å². The third-order valence-corrected chi connectivity index (χ3v) is 4.55. The van der Waals surface area contributed by atoms with Crippen molar-refractivity contribution in [2.75, 3.05) is 20.1 Å². The summed E-state index contributed by atoms with van der Waals surface area (Å²) in [5, 5.41) is 8.99. The van der Waals surface area contributed by atoms with E-state index in [9.17, 15) is 9.59 Å². The zero-order chi connectivity index (χ0) is 14.4. The molecule has 0 aromatic carbocycles. The summed E-state index contributed by atoms with van der Waals surface area (Å²) in [6.07, 6.45) is 9.16. The quantitative estimate of drug-likeness (QED) is 0.385. The van der Waals surface area contributed by atoms with Gasteiger partial charge in [0.2, 0.25) is 11.8 Å². The lowest BCUT2D eigenvalue weighted by Gasteiger charge is -2.17. The first-order valence-corrected chi connectivity index (χ1v) is 7.93. The van der Waals surface area contributed by atoms with E-state index in [4.69, 9.17) is 0 Å². The Labute approximate surface area is 121 Å². The van der Waals surface area contributed by atoms with Crippen LogP contribution in [0, 0.1) is 5.41 Å². The molecule has 0 spiro atoms. The van der Waals surface area contributed by atoms with Crippen molar-refractivity contribution < 1.29 is 9.59 Å². The Morgan fingerprint density at radius 3 is 2.20 bits per heavy atom. The summed E-state index contributed by atoms with van der Waals surface area (Å²) < 4.78 is 0. The van der Waals surface area contributed by atoms with E-state index in [-0.39, 0.29) is 11.8 Å². The molecule has 0 heterocycles. The maximum Gasteiger partial charge on any atom is 0.235 e. The van der Waals surface area contributed by atoms with Crippen molar-refractivity contribution >= 4 is 11.8 Å². The van der Waals surface area contributed by atoms with Crippen LogP contribution < -0.4 is 16.0 Å². The maximum absolute atomic E-state index is 12.0. The average Bonchev–Trinajstić information content (AvgIpc) is 3.27. The highest BCUT2D eigenvalue weighted by molar-refractivity contribution is 6.07. The number of hydrogen-bond donors (Lipinski definition) is 3. The number of carbonyl (C=O) groups excluding carboxylic acids is 2. The Bertz CT molecular complexity index is 345. The first-order chi connectivity index (χ1) is 9.69. The van der Waals surface area contributed by atoms with Gasteiger partial charge >= 0.3 is 0 Å². The van der Waals surface area contributed by atoms with Crippen LogP contribution in [0.2, 0.25) is 0 Å². The summed E-state index contributed by atoms with van der Waals surface area (Å²) in [6.45, 7) is 1.40. The summed E-state index contributed by atoms with van der Waals surface area (Å²) in [5.41, 5.74) is -0.767. The average molecular weight is 281 g/mol. The van der Waals surface area contributed by atoms with Gasteiger partial charge in [-0.3, -0.25) is 9.59 Å². The molecule has 0 aromatic heterocycles. The molecule has 0 radical (unpaired) electrons. The summed E-state index contributed by atoms with van der Waals surface area (Å²) in [5.74, 6) is -0.258.